The molecule has 1 fully saturated rings. The Balaban J connectivity index is 2.06. The number of ether oxygens (including phenoxy) is 1. The summed E-state index contributed by atoms with van der Waals surface area (Å²) in [7, 11) is 1.11. The highest BCUT2D eigenvalue weighted by molar-refractivity contribution is 6.17. The predicted octanol–water partition coefficient (Wildman–Crippen LogP) is 2.06. The van der Waals surface area contributed by atoms with Crippen molar-refractivity contribution in [3.63, 3.8) is 0 Å². The van der Waals surface area contributed by atoms with Crippen LogP contribution in [0.1, 0.15) is 25.3 Å². The van der Waals surface area contributed by atoms with E-state index >= 15 is 0 Å². The van der Waals surface area contributed by atoms with Crippen LogP contribution in [0.3, 0.4) is 0 Å². The van der Waals surface area contributed by atoms with E-state index in [1.807, 2.05) is 0 Å². The molecule has 1 N–H and O–H groups in total. The average Bonchev–Trinajstić information content (AvgIpc) is 2.98. The van der Waals surface area contributed by atoms with E-state index in [1.54, 1.807) is 11.9 Å². The summed E-state index contributed by atoms with van der Waals surface area (Å²) in [6, 6.07) is 3.71. The second-order valence-corrected chi connectivity index (χ2v) is 6.29. The molecule has 0 unspecified atom stereocenters. The number of carbonyl (C=O) groups is 2. The van der Waals surface area contributed by atoms with Crippen molar-refractivity contribution in [2.45, 2.75) is 31.8 Å². The number of aliphatic hydroxyl groups is 1. The number of halogens is 2. The first kappa shape index (κ1) is 17.3. The number of fused-ring (bicyclic) bond motifs is 1. The standard InChI is InChI=1S/C17H18F2N2O4/c1-17-7-4-8-21(17)20(9-10-5-3-6-11(18)13(10)19)15(23)12(14(17)22)16(24)25-2/h3,5-6,22H,4,7-9H2,1-2H3/t17-/m1/s1. The highest BCUT2D eigenvalue weighted by Crippen LogP contribution is 2.41. The molecule has 1 aromatic carbocycles. The molecule has 0 saturated carbocycles. The van der Waals surface area contributed by atoms with Crippen LogP contribution in [0.4, 0.5) is 8.78 Å². The summed E-state index contributed by atoms with van der Waals surface area (Å²) < 4.78 is 32.1. The zero-order valence-electron chi connectivity index (χ0n) is 13.9. The quantitative estimate of drug-likeness (QED) is 0.666. The van der Waals surface area contributed by atoms with E-state index in [0.717, 1.165) is 13.2 Å². The SMILES string of the molecule is COC(=O)C1=C(O)[C@@]2(C)CCCN2N(Cc2cccc(F)c2F)C1=O. The molecular formula is C17H18F2N2O4. The molecule has 0 aromatic heterocycles. The minimum absolute atomic E-state index is 0.0202. The zero-order valence-corrected chi connectivity index (χ0v) is 13.9. The lowest BCUT2D eigenvalue weighted by molar-refractivity contribution is -0.163. The molecule has 0 spiro atoms. The van der Waals surface area contributed by atoms with E-state index in [0.29, 0.717) is 19.4 Å². The van der Waals surface area contributed by atoms with Crippen LogP contribution in [0.25, 0.3) is 0 Å². The van der Waals surface area contributed by atoms with E-state index in [2.05, 4.69) is 4.74 Å². The van der Waals surface area contributed by atoms with E-state index < -0.39 is 34.6 Å². The third kappa shape index (κ3) is 2.57. The zero-order chi connectivity index (χ0) is 18.4. The van der Waals surface area contributed by atoms with Gasteiger partial charge >= 0.3 is 5.97 Å². The highest BCUT2D eigenvalue weighted by Gasteiger charge is 2.53. The van der Waals surface area contributed by atoms with Crippen LogP contribution < -0.4 is 0 Å². The Morgan fingerprint density at radius 2 is 2.12 bits per heavy atom. The second kappa shape index (κ2) is 6.11. The highest BCUT2D eigenvalue weighted by atomic mass is 19.2. The lowest BCUT2D eigenvalue weighted by atomic mass is 9.91. The number of aliphatic hydroxyl groups excluding tert-OH is 1. The summed E-state index contributed by atoms with van der Waals surface area (Å²) in [6.07, 6.45) is 1.18. The van der Waals surface area contributed by atoms with Crippen molar-refractivity contribution < 1.29 is 28.2 Å². The van der Waals surface area contributed by atoms with Crippen LogP contribution in [-0.2, 0) is 20.9 Å². The molecule has 1 aromatic rings. The van der Waals surface area contributed by atoms with Gasteiger partial charge in [0.2, 0.25) is 0 Å². The van der Waals surface area contributed by atoms with Gasteiger partial charge in [-0.1, -0.05) is 12.1 Å². The average molecular weight is 352 g/mol. The van der Waals surface area contributed by atoms with Gasteiger partial charge in [-0.15, -0.1) is 0 Å². The normalized spacial score (nSPS) is 23.8. The lowest BCUT2D eigenvalue weighted by Crippen LogP contribution is -2.60. The topological polar surface area (TPSA) is 70.1 Å². The van der Waals surface area contributed by atoms with Gasteiger partial charge < -0.3 is 9.84 Å². The second-order valence-electron chi connectivity index (χ2n) is 6.29. The van der Waals surface area contributed by atoms with Crippen LogP contribution in [0.2, 0.25) is 0 Å². The van der Waals surface area contributed by atoms with E-state index in [-0.39, 0.29) is 17.9 Å². The van der Waals surface area contributed by atoms with E-state index in [1.165, 1.54) is 17.1 Å². The Labute approximate surface area is 143 Å². The molecule has 6 nitrogen and oxygen atoms in total. The molecule has 0 aliphatic carbocycles. The van der Waals surface area contributed by atoms with Gasteiger partial charge in [-0.25, -0.2) is 18.6 Å². The van der Waals surface area contributed by atoms with Crippen molar-refractivity contribution in [3.8, 4) is 0 Å². The van der Waals surface area contributed by atoms with Gasteiger partial charge in [-0.3, -0.25) is 9.80 Å². The maximum atomic E-state index is 14.0. The maximum Gasteiger partial charge on any atom is 0.347 e. The molecule has 2 aliphatic heterocycles. The molecule has 8 heteroatoms. The Bertz CT molecular complexity index is 780. The summed E-state index contributed by atoms with van der Waals surface area (Å²) in [6.45, 7) is 1.88. The fraction of sp³-hybridized carbons (Fsp3) is 0.412. The van der Waals surface area contributed by atoms with Crippen molar-refractivity contribution in [1.82, 2.24) is 10.0 Å². The number of rotatable bonds is 3. The molecule has 0 radical (unpaired) electrons. The predicted molar refractivity (Wildman–Crippen MR) is 82.9 cm³/mol. The third-order valence-electron chi connectivity index (χ3n) is 4.83. The van der Waals surface area contributed by atoms with Crippen LogP contribution in [0, 0.1) is 11.6 Å². The molecule has 2 heterocycles. The molecule has 1 saturated heterocycles. The maximum absolute atomic E-state index is 14.0. The fourth-order valence-electron chi connectivity index (χ4n) is 3.46. The van der Waals surface area contributed by atoms with Gasteiger partial charge in [0.15, 0.2) is 17.2 Å². The van der Waals surface area contributed by atoms with Crippen LogP contribution in [-0.4, -0.2) is 46.2 Å². The first-order valence-electron chi connectivity index (χ1n) is 7.85. The van der Waals surface area contributed by atoms with Gasteiger partial charge in [-0.2, -0.15) is 0 Å². The number of hydrazine groups is 1. The number of amides is 1. The molecule has 2 aliphatic rings. The van der Waals surface area contributed by atoms with Gasteiger partial charge in [-0.05, 0) is 25.8 Å². The minimum atomic E-state index is -1.05. The minimum Gasteiger partial charge on any atom is -0.509 e. The molecule has 134 valence electrons. The summed E-state index contributed by atoms with van der Waals surface area (Å²) in [5, 5.41) is 13.3. The summed E-state index contributed by atoms with van der Waals surface area (Å²) in [5.41, 5.74) is -1.46. The van der Waals surface area contributed by atoms with Gasteiger partial charge in [0, 0.05) is 12.1 Å². The van der Waals surface area contributed by atoms with Crippen molar-refractivity contribution in [3.05, 3.63) is 46.7 Å². The largest absolute Gasteiger partial charge is 0.509 e. The van der Waals surface area contributed by atoms with Crippen molar-refractivity contribution in [1.29, 1.82) is 0 Å². The first-order valence-corrected chi connectivity index (χ1v) is 7.85. The Morgan fingerprint density at radius 3 is 2.80 bits per heavy atom. The number of esters is 1. The number of carbonyl (C=O) groups excluding carboxylic acids is 2. The molecule has 1 amide bonds. The number of hydrogen-bond donors (Lipinski definition) is 1. The van der Waals surface area contributed by atoms with Gasteiger partial charge in [0.25, 0.3) is 5.91 Å². The molecular weight excluding hydrogens is 334 g/mol. The van der Waals surface area contributed by atoms with Crippen LogP contribution in [0.5, 0.6) is 0 Å². The summed E-state index contributed by atoms with van der Waals surface area (Å²) in [4.78, 5) is 24.8. The molecule has 3 rings (SSSR count). The van der Waals surface area contributed by atoms with Crippen molar-refractivity contribution in [2.75, 3.05) is 13.7 Å². The molecule has 25 heavy (non-hydrogen) atoms. The molecule has 1 atom stereocenters. The molecule has 0 bridgehead atoms. The van der Waals surface area contributed by atoms with E-state index in [4.69, 9.17) is 0 Å². The third-order valence-corrected chi connectivity index (χ3v) is 4.83. The van der Waals surface area contributed by atoms with Crippen LogP contribution in [0.15, 0.2) is 29.5 Å². The Hall–Kier alpha value is -2.48. The Morgan fingerprint density at radius 1 is 1.40 bits per heavy atom. The van der Waals surface area contributed by atoms with Crippen molar-refractivity contribution >= 4 is 11.9 Å². The lowest BCUT2D eigenvalue weighted by Gasteiger charge is -2.46. The summed E-state index contributed by atoms with van der Waals surface area (Å²) in [5.74, 6) is -4.17. The number of hydrogen-bond acceptors (Lipinski definition) is 5. The first-order chi connectivity index (χ1) is 11.8. The summed E-state index contributed by atoms with van der Waals surface area (Å²) >= 11 is 0. The van der Waals surface area contributed by atoms with Gasteiger partial charge in [0.1, 0.15) is 5.76 Å². The van der Waals surface area contributed by atoms with Crippen LogP contribution >= 0.6 is 0 Å². The van der Waals surface area contributed by atoms with Gasteiger partial charge in [0.05, 0.1) is 19.2 Å². The monoisotopic (exact) mass is 352 g/mol. The number of methoxy groups -OCH3 is 1. The Kier molecular flexibility index (Phi) is 4.24. The fourth-order valence-corrected chi connectivity index (χ4v) is 3.46. The number of benzene rings is 1. The number of nitrogens with zero attached hydrogens (tertiary/aromatic N) is 2. The smallest absolute Gasteiger partial charge is 0.347 e. The van der Waals surface area contributed by atoms with Crippen molar-refractivity contribution in [2.24, 2.45) is 0 Å². The van der Waals surface area contributed by atoms with E-state index in [9.17, 15) is 23.5 Å².